The lowest BCUT2D eigenvalue weighted by molar-refractivity contribution is -0.137. The number of halogens is 3. The van der Waals surface area contributed by atoms with Gasteiger partial charge in [-0.1, -0.05) is 0 Å². The van der Waals surface area contributed by atoms with E-state index in [4.69, 9.17) is 0 Å². The largest absolute Gasteiger partial charge is 0.416 e. The third-order valence-corrected chi connectivity index (χ3v) is 6.41. The van der Waals surface area contributed by atoms with Crippen molar-refractivity contribution in [3.8, 4) is 0 Å². The molecule has 2 atom stereocenters. The molecule has 0 unspecified atom stereocenters. The number of benzene rings is 1. The van der Waals surface area contributed by atoms with Crippen LogP contribution in [0.2, 0.25) is 0 Å². The Morgan fingerprint density at radius 1 is 1.14 bits per heavy atom. The van der Waals surface area contributed by atoms with Gasteiger partial charge in [-0.2, -0.15) is 26.3 Å². The molecular formula is C18H20F3N5O2S. The van der Waals surface area contributed by atoms with Crippen LogP contribution in [0.1, 0.15) is 12.0 Å². The summed E-state index contributed by atoms with van der Waals surface area (Å²) < 4.78 is 67.2. The molecule has 29 heavy (non-hydrogen) atoms. The van der Waals surface area contributed by atoms with Gasteiger partial charge < -0.3 is 9.80 Å². The Hall–Kier alpha value is -2.37. The summed E-state index contributed by atoms with van der Waals surface area (Å²) in [6.07, 6.45) is -2.18. The molecule has 0 saturated carbocycles. The van der Waals surface area contributed by atoms with E-state index in [-0.39, 0.29) is 12.1 Å². The summed E-state index contributed by atoms with van der Waals surface area (Å²) in [4.78, 5) is 8.44. The summed E-state index contributed by atoms with van der Waals surface area (Å²) in [5, 5.41) is 0. The van der Waals surface area contributed by atoms with Gasteiger partial charge >= 0.3 is 6.18 Å². The van der Waals surface area contributed by atoms with Crippen LogP contribution in [0.5, 0.6) is 0 Å². The topological polar surface area (TPSA) is 77.6 Å². The number of alkyl halides is 3. The number of hydrogen-bond donors (Lipinski definition) is 2. The first-order valence-corrected chi connectivity index (χ1v) is 10.5. The summed E-state index contributed by atoms with van der Waals surface area (Å²) in [6.45, 7) is 0.984. The van der Waals surface area contributed by atoms with Crippen LogP contribution in [-0.4, -0.2) is 45.6 Å². The van der Waals surface area contributed by atoms with Crippen molar-refractivity contribution in [1.29, 1.82) is 0 Å². The van der Waals surface area contributed by atoms with E-state index in [1.165, 1.54) is 19.2 Å². The fourth-order valence-corrected chi connectivity index (χ4v) is 4.64. The lowest BCUT2D eigenvalue weighted by Gasteiger charge is -2.40. The Kier molecular flexibility index (Phi) is 4.91. The zero-order valence-corrected chi connectivity index (χ0v) is 16.3. The van der Waals surface area contributed by atoms with E-state index < -0.39 is 21.9 Å². The zero-order valence-electron chi connectivity index (χ0n) is 15.5. The number of hydrogen-bond acceptors (Lipinski definition) is 5. The second-order valence-electron chi connectivity index (χ2n) is 7.07. The SMILES string of the molecule is CNS(=O)(=O)N[C@@H]1C[C@@H]2CN(c3ccc(C(F)(F)F)cc3)c3cccnc3N2C1. The molecule has 4 rings (SSSR count). The van der Waals surface area contributed by atoms with Crippen LogP contribution < -0.4 is 19.2 Å². The molecule has 0 bridgehead atoms. The van der Waals surface area contributed by atoms with Gasteiger partial charge in [0, 0.05) is 38.1 Å². The third kappa shape index (κ3) is 3.89. The summed E-state index contributed by atoms with van der Waals surface area (Å²) in [5.41, 5.74) is 0.709. The van der Waals surface area contributed by atoms with Crippen LogP contribution in [0.25, 0.3) is 0 Å². The standard InChI is InChI=1S/C18H20F3N5O2S/c1-22-29(27,28)24-13-9-15-11-25(14-6-4-12(5-7-14)18(19,20)21)16-3-2-8-23-17(16)26(15)10-13/h2-8,13,15,22,24H,9-11H2,1H3/t13-,15-/m1/s1. The molecule has 2 aliphatic rings. The van der Waals surface area contributed by atoms with Crippen molar-refractivity contribution in [2.45, 2.75) is 24.7 Å². The van der Waals surface area contributed by atoms with Gasteiger partial charge in [-0.3, -0.25) is 0 Å². The fourth-order valence-electron chi connectivity index (χ4n) is 3.92. The number of rotatable bonds is 4. The first-order chi connectivity index (χ1) is 13.7. The molecule has 0 aliphatic carbocycles. The van der Waals surface area contributed by atoms with E-state index in [1.54, 1.807) is 12.3 Å². The molecule has 3 heterocycles. The highest BCUT2D eigenvalue weighted by Gasteiger charge is 2.41. The second-order valence-corrected chi connectivity index (χ2v) is 8.72. The molecular weight excluding hydrogens is 407 g/mol. The van der Waals surface area contributed by atoms with Crippen molar-refractivity contribution in [2.75, 3.05) is 29.9 Å². The molecule has 0 spiro atoms. The number of anilines is 3. The fraction of sp³-hybridized carbons (Fsp3) is 0.389. The van der Waals surface area contributed by atoms with Crippen LogP contribution >= 0.6 is 0 Å². The lowest BCUT2D eigenvalue weighted by Crippen LogP contribution is -2.44. The molecule has 2 aromatic rings. The zero-order chi connectivity index (χ0) is 20.8. The normalized spacial score (nSPS) is 21.8. The molecule has 2 aliphatic heterocycles. The highest BCUT2D eigenvalue weighted by Crippen LogP contribution is 2.42. The Labute approximate surface area is 166 Å². The Morgan fingerprint density at radius 3 is 2.52 bits per heavy atom. The molecule has 7 nitrogen and oxygen atoms in total. The first-order valence-electron chi connectivity index (χ1n) is 9.05. The van der Waals surface area contributed by atoms with Gasteiger partial charge in [0.05, 0.1) is 17.3 Å². The smallest absolute Gasteiger partial charge is 0.348 e. The average molecular weight is 427 g/mol. The predicted molar refractivity (Wildman–Crippen MR) is 103 cm³/mol. The highest BCUT2D eigenvalue weighted by atomic mass is 32.2. The van der Waals surface area contributed by atoms with Crippen LogP contribution in [0.4, 0.5) is 30.4 Å². The quantitative estimate of drug-likeness (QED) is 0.783. The van der Waals surface area contributed by atoms with Crippen molar-refractivity contribution in [1.82, 2.24) is 14.4 Å². The summed E-state index contributed by atoms with van der Waals surface area (Å²) in [5.74, 6) is 0.690. The third-order valence-electron chi connectivity index (χ3n) is 5.23. The summed E-state index contributed by atoms with van der Waals surface area (Å²) in [7, 11) is -2.23. The van der Waals surface area contributed by atoms with Crippen molar-refractivity contribution in [2.24, 2.45) is 0 Å². The molecule has 1 aromatic carbocycles. The molecule has 0 amide bonds. The highest BCUT2D eigenvalue weighted by molar-refractivity contribution is 7.87. The molecule has 11 heteroatoms. The second kappa shape index (κ2) is 7.15. The summed E-state index contributed by atoms with van der Waals surface area (Å²) >= 11 is 0. The van der Waals surface area contributed by atoms with Gasteiger partial charge in [-0.15, -0.1) is 0 Å². The maximum Gasteiger partial charge on any atom is 0.416 e. The molecule has 2 N–H and O–H groups in total. The van der Waals surface area contributed by atoms with Crippen LogP contribution in [0.3, 0.4) is 0 Å². The van der Waals surface area contributed by atoms with Gasteiger partial charge in [0.15, 0.2) is 5.82 Å². The van der Waals surface area contributed by atoms with Gasteiger partial charge in [0.2, 0.25) is 0 Å². The number of pyridine rings is 1. The van der Waals surface area contributed by atoms with E-state index in [2.05, 4.69) is 19.3 Å². The molecule has 156 valence electrons. The first kappa shape index (κ1) is 19.9. The van der Waals surface area contributed by atoms with E-state index in [0.717, 1.165) is 17.8 Å². The monoisotopic (exact) mass is 427 g/mol. The average Bonchev–Trinajstić information content (AvgIpc) is 3.08. The minimum atomic E-state index is -4.39. The maximum atomic E-state index is 12.9. The van der Waals surface area contributed by atoms with Gasteiger partial charge in [0.25, 0.3) is 10.2 Å². The van der Waals surface area contributed by atoms with Gasteiger partial charge in [-0.25, -0.2) is 9.71 Å². The van der Waals surface area contributed by atoms with Crippen molar-refractivity contribution < 1.29 is 21.6 Å². The number of nitrogens with zero attached hydrogens (tertiary/aromatic N) is 3. The van der Waals surface area contributed by atoms with Crippen LogP contribution in [0.15, 0.2) is 42.6 Å². The van der Waals surface area contributed by atoms with E-state index >= 15 is 0 Å². The Morgan fingerprint density at radius 2 is 1.86 bits per heavy atom. The molecule has 1 saturated heterocycles. The number of nitrogens with one attached hydrogen (secondary N) is 2. The van der Waals surface area contributed by atoms with Gasteiger partial charge in [0.1, 0.15) is 0 Å². The summed E-state index contributed by atoms with van der Waals surface area (Å²) in [6, 6.07) is 8.35. The number of aromatic nitrogens is 1. The van der Waals surface area contributed by atoms with Crippen LogP contribution in [0, 0.1) is 0 Å². The van der Waals surface area contributed by atoms with Crippen LogP contribution in [-0.2, 0) is 16.4 Å². The molecule has 1 fully saturated rings. The minimum absolute atomic E-state index is 0.0238. The maximum absolute atomic E-state index is 12.9. The van der Waals surface area contributed by atoms with E-state index in [9.17, 15) is 21.6 Å². The Bertz CT molecular complexity index is 997. The molecule has 0 radical (unpaired) electrons. The van der Waals surface area contributed by atoms with Crippen molar-refractivity contribution >= 4 is 27.4 Å². The minimum Gasteiger partial charge on any atom is -0.348 e. The van der Waals surface area contributed by atoms with Crippen molar-refractivity contribution in [3.63, 3.8) is 0 Å². The molecule has 1 aromatic heterocycles. The van der Waals surface area contributed by atoms with Gasteiger partial charge in [-0.05, 0) is 42.8 Å². The lowest BCUT2D eigenvalue weighted by atomic mass is 10.1. The predicted octanol–water partition coefficient (Wildman–Crippen LogP) is 2.25. The van der Waals surface area contributed by atoms with E-state index in [0.29, 0.717) is 31.0 Å². The van der Waals surface area contributed by atoms with E-state index in [1.807, 2.05) is 11.0 Å². The van der Waals surface area contributed by atoms with Crippen molar-refractivity contribution in [3.05, 3.63) is 48.2 Å². The Balaban J connectivity index is 1.63. The number of fused-ring (bicyclic) bond motifs is 3.